The van der Waals surface area contributed by atoms with Crippen LogP contribution in [-0.4, -0.2) is 241 Å². The average molecular weight is 2040 g/mol. The summed E-state index contributed by atoms with van der Waals surface area (Å²) in [5.74, 6) is -53.4. The van der Waals surface area contributed by atoms with Crippen molar-refractivity contribution in [3.8, 4) is 207 Å². The van der Waals surface area contributed by atoms with Crippen LogP contribution >= 0.6 is 0 Å². The third kappa shape index (κ3) is 20.4. The number of hydrogen-bond acceptors (Lipinski definition) is 50. The fraction of sp³-hybridized carbons (Fsp3) is 0.115. The van der Waals surface area contributed by atoms with Gasteiger partial charge in [0.05, 0.1) is 80.8 Å². The second kappa shape index (κ2) is 40.0. The van der Waals surface area contributed by atoms with Crippen molar-refractivity contribution >= 4 is 70.5 Å². The number of aromatic hydroxyl groups is 24. The third-order valence-electron chi connectivity index (χ3n) is 21.9. The molecule has 16 rings (SSSR count). The molecule has 0 unspecified atom stereocenters. The number of methoxy groups -OCH3 is 2. The number of phenols is 24. The Bertz CT molecular complexity index is 7600. The molecule has 0 amide bonds. The molecule has 3 aliphatic heterocycles. The van der Waals surface area contributed by atoms with Gasteiger partial charge in [-0.3, -0.25) is 0 Å². The quantitative estimate of drug-likeness (QED) is 0.00981. The molecule has 0 saturated carbocycles. The molecule has 1 aromatic heterocycles. The predicted octanol–water partition coefficient (Wildman–Crippen LogP) is 7.30. The van der Waals surface area contributed by atoms with E-state index in [0.29, 0.717) is 128 Å². The number of phenolic OH excluding ortho intramolecular Hbond substituents is 24. The first-order valence-electron chi connectivity index (χ1n) is 41.5. The minimum Gasteiger partial charge on any atom is -0.867 e. The second-order valence-electron chi connectivity index (χ2n) is 31.4. The van der Waals surface area contributed by atoms with Gasteiger partial charge in [-0.15, -0.1) is 0 Å². The standard InChI is InChI=1S/C76H52O46.C20H18NO4/c77-32-1-22(2-33(78)53(32)92)67(103)113-47-16-27(11-42(87)58(47)97)66(102)112-21-52-63(119-72(108)28-12-43(88)59(98)48(17-28)114-68(104)23-3-34(79)54(93)35(80)4-23)64(120-73(109)29-13-44(89)60(99)49(18-29)115-69(105)24-5-36(81)55(94)37(82)6-24)65(121-74(110)30-14-45(90)61(100)50(19-30)116-70(106)25-7-38(83)56(95)39(84)8-25)76(118-52)122-75(111)31-15-46(91)62(101)51(20-31)117-71(107)26-9-40(85)57(96)41(86)10-26;1-22-17-4-3-12-7-16-14-9-19-18(24-11-25-19)8-13(14)5-6-21(16)10-15(12)20(17)23-2/h1-20,52,63-65,76-101H,21H2;3-4,7-10H,5-6,11H2,1-2H3/q;+1/p-1/t52-,63-,64+,65-,76+;/m1./s1. The Morgan fingerprint density at radius 2 is 0.619 bits per heavy atom. The molecule has 12 aromatic carbocycles. The van der Waals surface area contributed by atoms with E-state index in [1.54, 1.807) is 14.2 Å². The van der Waals surface area contributed by atoms with E-state index in [4.69, 9.17) is 71.1 Å². The molecular weight excluding hydrogens is 1970 g/mol. The second-order valence-corrected chi connectivity index (χ2v) is 31.4. The van der Waals surface area contributed by atoms with Gasteiger partial charge in [-0.05, 0) is 162 Å². The van der Waals surface area contributed by atoms with E-state index >= 15 is 14.4 Å². The number of aryl methyl sites for hydroxylation is 2. The van der Waals surface area contributed by atoms with E-state index in [1.165, 1.54) is 16.8 Å². The van der Waals surface area contributed by atoms with Crippen LogP contribution in [0.25, 0.3) is 22.0 Å². The molecule has 13 aromatic rings. The molecule has 758 valence electrons. The van der Waals surface area contributed by atoms with Crippen LogP contribution in [0.2, 0.25) is 0 Å². The summed E-state index contributed by atoms with van der Waals surface area (Å²) >= 11 is 0. The van der Waals surface area contributed by atoms with Crippen LogP contribution in [0.15, 0.2) is 158 Å². The zero-order chi connectivity index (χ0) is 106. The lowest BCUT2D eigenvalue weighted by molar-refractivity contribution is -0.686. The Morgan fingerprint density at radius 1 is 0.320 bits per heavy atom. The molecule has 1 saturated heterocycles. The van der Waals surface area contributed by atoms with Crippen molar-refractivity contribution in [3.05, 3.63) is 219 Å². The Morgan fingerprint density at radius 3 is 0.959 bits per heavy atom. The van der Waals surface area contributed by atoms with Crippen LogP contribution in [0.4, 0.5) is 0 Å². The molecule has 5 atom stereocenters. The lowest BCUT2D eigenvalue weighted by Gasteiger charge is -2.43. The number of esters is 10. The van der Waals surface area contributed by atoms with Crippen molar-refractivity contribution in [3.63, 3.8) is 0 Å². The molecule has 24 N–H and O–H groups in total. The summed E-state index contributed by atoms with van der Waals surface area (Å²) in [7, 11) is 3.34. The summed E-state index contributed by atoms with van der Waals surface area (Å²) < 4.78 is 84.8. The van der Waals surface area contributed by atoms with Crippen LogP contribution in [0.3, 0.4) is 0 Å². The van der Waals surface area contributed by atoms with Crippen LogP contribution in [-0.2, 0) is 41.4 Å². The average Bonchev–Trinajstić information content (AvgIpc) is 1.68. The van der Waals surface area contributed by atoms with E-state index in [1.807, 2.05) is 6.07 Å². The maximum absolute atomic E-state index is 15.3. The number of pyridine rings is 1. The molecule has 0 spiro atoms. The van der Waals surface area contributed by atoms with Crippen molar-refractivity contribution in [1.29, 1.82) is 0 Å². The number of hydrogen-bond donors (Lipinski definition) is 24. The molecule has 0 bridgehead atoms. The monoisotopic (exact) mass is 2040 g/mol. The molecule has 0 aliphatic carbocycles. The van der Waals surface area contributed by atoms with Crippen molar-refractivity contribution < 1.29 is 251 Å². The molecule has 147 heavy (non-hydrogen) atoms. The Kier molecular flexibility index (Phi) is 27.3. The topological polar surface area (TPSA) is 822 Å². The molecule has 1 fully saturated rings. The fourth-order valence-electron chi connectivity index (χ4n) is 14.6. The SMILES string of the molecule is COc1ccc2cc3[n+](cc2c1OC)CCc1cc2c(cc1-3)OCO2.O=C(OC[C@H]1O[C@@H](OC(=O)c2cc(O)c(O)c(OC(=O)c3cc(O)c(O)c(O)c3)c2)[C@H](OC(=O)c2cc(O)c(O)c(OC(=O)c3cc(O)c(O)c(O)c3)c2)[C@@H](OC(=O)c2cc(O)c(O)c(OC(=O)c3cc(O)c(O)c(O)c3)c2)[C@@H]1OC(=O)c1cc(O)c(O)c(OC(=O)c2cc(O)c([O-])c(O)c2)c1)c1cc(O)c(O)c(OC(=O)c2cc(O)c(O)c(O)c2)c1. The predicted molar refractivity (Wildman–Crippen MR) is 473 cm³/mol. The molecule has 51 heteroatoms. The van der Waals surface area contributed by atoms with Crippen molar-refractivity contribution in [1.82, 2.24) is 0 Å². The van der Waals surface area contributed by atoms with Gasteiger partial charge in [0.15, 0.2) is 174 Å². The number of nitrogens with zero attached hydrogens (tertiary/aromatic N) is 1. The summed E-state index contributed by atoms with van der Waals surface area (Å²) in [6.45, 7) is -0.499. The van der Waals surface area contributed by atoms with Crippen molar-refractivity contribution in [2.24, 2.45) is 0 Å². The highest BCUT2D eigenvalue weighted by atomic mass is 16.8. The van der Waals surface area contributed by atoms with E-state index in [9.17, 15) is 161 Å². The van der Waals surface area contributed by atoms with E-state index in [0.717, 1.165) is 46.7 Å². The van der Waals surface area contributed by atoms with Gasteiger partial charge in [-0.1, -0.05) is 0 Å². The van der Waals surface area contributed by atoms with Crippen molar-refractivity contribution in [2.75, 3.05) is 27.6 Å². The van der Waals surface area contributed by atoms with E-state index < -0.39 is 325 Å². The number of aromatic nitrogens is 1. The van der Waals surface area contributed by atoms with Gasteiger partial charge in [-0.25, -0.2) is 47.9 Å². The highest BCUT2D eigenvalue weighted by Crippen LogP contribution is 2.50. The minimum atomic E-state index is -3.12. The molecule has 51 nitrogen and oxygen atoms in total. The summed E-state index contributed by atoms with van der Waals surface area (Å²) in [4.78, 5) is 142. The summed E-state index contributed by atoms with van der Waals surface area (Å²) in [5.41, 5.74) is -6.28. The van der Waals surface area contributed by atoms with Gasteiger partial charge in [0.2, 0.25) is 53.6 Å². The highest BCUT2D eigenvalue weighted by molar-refractivity contribution is 6.01. The van der Waals surface area contributed by atoms with Gasteiger partial charge in [0, 0.05) is 12.5 Å². The molecule has 4 heterocycles. The Labute approximate surface area is 815 Å². The van der Waals surface area contributed by atoms with Crippen LogP contribution < -0.4 is 52.3 Å². The number of rotatable bonds is 23. The number of benzene rings is 12. The normalized spacial score (nSPS) is 14.6. The first-order valence-corrected chi connectivity index (χ1v) is 41.5. The first kappa shape index (κ1) is 100. The van der Waals surface area contributed by atoms with Gasteiger partial charge in [0.25, 0.3) is 0 Å². The zero-order valence-electron chi connectivity index (χ0n) is 74.0. The van der Waals surface area contributed by atoms with Gasteiger partial charge >= 0.3 is 59.7 Å². The third-order valence-corrected chi connectivity index (χ3v) is 21.9. The minimum absolute atomic E-state index is 0.292. The molecule has 3 aliphatic rings. The Hall–Kier alpha value is -21.1. The van der Waals surface area contributed by atoms with Crippen LogP contribution in [0, 0.1) is 0 Å². The maximum atomic E-state index is 15.3. The molecule has 0 radical (unpaired) electrons. The number of carbonyl (C=O) groups is 10. The van der Waals surface area contributed by atoms with E-state index in [-0.39, 0.29) is 0 Å². The maximum Gasteiger partial charge on any atom is 0.343 e. The number of fused-ring (bicyclic) bond motifs is 5. The lowest BCUT2D eigenvalue weighted by atomic mass is 9.95. The van der Waals surface area contributed by atoms with Crippen molar-refractivity contribution in [2.45, 2.75) is 43.7 Å². The fourth-order valence-corrected chi connectivity index (χ4v) is 14.6. The van der Waals surface area contributed by atoms with Gasteiger partial charge in [-0.2, -0.15) is 4.57 Å². The Balaban J connectivity index is 0.000000555. The smallest absolute Gasteiger partial charge is 0.343 e. The zero-order valence-corrected chi connectivity index (χ0v) is 74.0. The summed E-state index contributed by atoms with van der Waals surface area (Å²) in [5, 5.41) is 265. The van der Waals surface area contributed by atoms with E-state index in [2.05, 4.69) is 35.0 Å². The first-order chi connectivity index (χ1) is 69.6. The lowest BCUT2D eigenvalue weighted by Crippen LogP contribution is -2.63. The van der Waals surface area contributed by atoms with Gasteiger partial charge < -0.3 is 199 Å². The van der Waals surface area contributed by atoms with Crippen LogP contribution in [0.5, 0.6) is 195 Å². The molecular formula is C96H69NO50. The number of carbonyl (C=O) groups excluding carboxylic acids is 10. The highest BCUT2D eigenvalue weighted by Gasteiger charge is 2.56. The number of ether oxygens (including phenoxy) is 15. The van der Waals surface area contributed by atoms with Gasteiger partial charge in [0.1, 0.15) is 24.2 Å². The summed E-state index contributed by atoms with van der Waals surface area (Å²) in [6, 6.07) is 18.8. The largest absolute Gasteiger partial charge is 0.867 e. The van der Waals surface area contributed by atoms with Crippen LogP contribution in [0.1, 0.15) is 109 Å². The summed E-state index contributed by atoms with van der Waals surface area (Å²) in [6.07, 6.45) is -12.0.